The summed E-state index contributed by atoms with van der Waals surface area (Å²) in [5, 5.41) is 2.84. The van der Waals surface area contributed by atoms with E-state index in [0.717, 1.165) is 6.54 Å². The molecule has 1 fully saturated rings. The predicted octanol–water partition coefficient (Wildman–Crippen LogP) is 1.94. The van der Waals surface area contributed by atoms with E-state index in [1.54, 1.807) is 18.2 Å². The van der Waals surface area contributed by atoms with Crippen LogP contribution in [0.2, 0.25) is 0 Å². The van der Waals surface area contributed by atoms with Crippen LogP contribution in [-0.4, -0.2) is 19.1 Å². The summed E-state index contributed by atoms with van der Waals surface area (Å²) in [5.74, 6) is 1.18. The third-order valence-corrected chi connectivity index (χ3v) is 3.49. The van der Waals surface area contributed by atoms with Crippen molar-refractivity contribution in [3.63, 3.8) is 0 Å². The quantitative estimate of drug-likeness (QED) is 0.817. The number of benzene rings is 1. The third kappa shape index (κ3) is 3.63. The van der Waals surface area contributed by atoms with Gasteiger partial charge >= 0.3 is 0 Å². The molecule has 1 aliphatic carbocycles. The molecular formula is C12H15BrN2O2. The van der Waals surface area contributed by atoms with Gasteiger partial charge in [-0.25, -0.2) is 0 Å². The van der Waals surface area contributed by atoms with Gasteiger partial charge in [0.05, 0.1) is 4.47 Å². The minimum absolute atomic E-state index is 0.0226. The van der Waals surface area contributed by atoms with Crippen LogP contribution in [0, 0.1) is 5.92 Å². The summed E-state index contributed by atoms with van der Waals surface area (Å²) in [6, 6.07) is 5.33. The van der Waals surface area contributed by atoms with Crippen LogP contribution in [0.25, 0.3) is 0 Å². The van der Waals surface area contributed by atoms with E-state index in [4.69, 9.17) is 10.5 Å². The predicted molar refractivity (Wildman–Crippen MR) is 69.8 cm³/mol. The summed E-state index contributed by atoms with van der Waals surface area (Å²) in [4.78, 5) is 11.5. The molecule has 0 unspecified atom stereocenters. The number of nitrogens with two attached hydrogens (primary N) is 1. The summed E-state index contributed by atoms with van der Waals surface area (Å²) in [6.45, 7) is 0.787. The second-order valence-electron chi connectivity index (χ2n) is 4.20. The van der Waals surface area contributed by atoms with Crippen LogP contribution in [0.5, 0.6) is 5.75 Å². The number of hydrogen-bond donors (Lipinski definition) is 2. The van der Waals surface area contributed by atoms with E-state index in [1.807, 2.05) is 0 Å². The number of nitrogen functional groups attached to an aromatic ring is 1. The normalized spacial score (nSPS) is 14.4. The fourth-order valence-corrected chi connectivity index (χ4v) is 1.79. The van der Waals surface area contributed by atoms with E-state index in [2.05, 4.69) is 21.2 Å². The summed E-state index contributed by atoms with van der Waals surface area (Å²) in [5.41, 5.74) is 6.30. The van der Waals surface area contributed by atoms with Crippen molar-refractivity contribution in [2.75, 3.05) is 18.9 Å². The van der Waals surface area contributed by atoms with Crippen LogP contribution in [0.1, 0.15) is 12.8 Å². The highest BCUT2D eigenvalue weighted by molar-refractivity contribution is 9.10. The summed E-state index contributed by atoms with van der Waals surface area (Å²) in [6.07, 6.45) is 2.45. The van der Waals surface area contributed by atoms with Crippen molar-refractivity contribution in [3.05, 3.63) is 22.7 Å². The number of halogens is 1. The molecule has 92 valence electrons. The van der Waals surface area contributed by atoms with Crippen LogP contribution >= 0.6 is 15.9 Å². The maximum Gasteiger partial charge on any atom is 0.257 e. The van der Waals surface area contributed by atoms with Crippen LogP contribution < -0.4 is 15.8 Å². The lowest BCUT2D eigenvalue weighted by atomic mass is 10.3. The molecule has 0 heterocycles. The number of ether oxygens (including phenoxy) is 1. The highest BCUT2D eigenvalue weighted by Crippen LogP contribution is 2.30. The van der Waals surface area contributed by atoms with Gasteiger partial charge in [-0.15, -0.1) is 0 Å². The Morgan fingerprint density at radius 1 is 1.53 bits per heavy atom. The molecule has 0 aliphatic heterocycles. The van der Waals surface area contributed by atoms with Crippen LogP contribution in [0.15, 0.2) is 22.7 Å². The van der Waals surface area contributed by atoms with Gasteiger partial charge in [0.25, 0.3) is 5.91 Å². The number of amides is 1. The Morgan fingerprint density at radius 2 is 2.29 bits per heavy atom. The molecule has 5 heteroatoms. The molecule has 0 saturated heterocycles. The van der Waals surface area contributed by atoms with Crippen molar-refractivity contribution in [1.82, 2.24) is 5.32 Å². The van der Waals surface area contributed by atoms with Gasteiger partial charge in [0.2, 0.25) is 0 Å². The van der Waals surface area contributed by atoms with Gasteiger partial charge in [0, 0.05) is 12.2 Å². The summed E-state index contributed by atoms with van der Waals surface area (Å²) in [7, 11) is 0. The van der Waals surface area contributed by atoms with Gasteiger partial charge in [-0.2, -0.15) is 0 Å². The molecule has 0 spiro atoms. The lowest BCUT2D eigenvalue weighted by Gasteiger charge is -2.09. The molecule has 4 nitrogen and oxygen atoms in total. The Morgan fingerprint density at radius 3 is 3.00 bits per heavy atom. The van der Waals surface area contributed by atoms with Crippen LogP contribution in [0.3, 0.4) is 0 Å². The first kappa shape index (κ1) is 12.2. The fraction of sp³-hybridized carbons (Fsp3) is 0.417. The van der Waals surface area contributed by atoms with Gasteiger partial charge in [-0.1, -0.05) is 6.07 Å². The molecular weight excluding hydrogens is 284 g/mol. The highest BCUT2D eigenvalue weighted by atomic mass is 79.9. The first-order valence-electron chi connectivity index (χ1n) is 5.60. The minimum atomic E-state index is -0.0915. The smallest absolute Gasteiger partial charge is 0.257 e. The second-order valence-corrected chi connectivity index (χ2v) is 4.99. The Labute approximate surface area is 109 Å². The van der Waals surface area contributed by atoms with Crippen molar-refractivity contribution >= 4 is 27.5 Å². The zero-order chi connectivity index (χ0) is 12.3. The Balaban J connectivity index is 1.79. The van der Waals surface area contributed by atoms with E-state index in [0.29, 0.717) is 21.8 Å². The molecule has 17 heavy (non-hydrogen) atoms. The van der Waals surface area contributed by atoms with Crippen LogP contribution in [0.4, 0.5) is 5.69 Å². The second kappa shape index (κ2) is 5.40. The van der Waals surface area contributed by atoms with E-state index in [-0.39, 0.29) is 12.5 Å². The Kier molecular flexibility index (Phi) is 3.89. The molecule has 3 N–H and O–H groups in total. The number of anilines is 1. The average Bonchev–Trinajstić information content (AvgIpc) is 3.12. The van der Waals surface area contributed by atoms with Crippen LogP contribution in [-0.2, 0) is 4.79 Å². The molecule has 1 amide bonds. The Bertz CT molecular complexity index is 419. The van der Waals surface area contributed by atoms with Gasteiger partial charge in [-0.3, -0.25) is 4.79 Å². The monoisotopic (exact) mass is 298 g/mol. The molecule has 0 aromatic heterocycles. The zero-order valence-electron chi connectivity index (χ0n) is 9.41. The third-order valence-electron chi connectivity index (χ3n) is 2.64. The van der Waals surface area contributed by atoms with Gasteiger partial charge < -0.3 is 15.8 Å². The number of hydrogen-bond acceptors (Lipinski definition) is 3. The van der Waals surface area contributed by atoms with Crippen molar-refractivity contribution < 1.29 is 9.53 Å². The number of carbonyl (C=O) groups excluding carboxylic acids is 1. The molecule has 0 atom stereocenters. The molecule has 1 aromatic carbocycles. The highest BCUT2D eigenvalue weighted by Gasteiger charge is 2.21. The van der Waals surface area contributed by atoms with Crippen molar-refractivity contribution in [2.45, 2.75) is 12.8 Å². The minimum Gasteiger partial charge on any atom is -0.483 e. The van der Waals surface area contributed by atoms with E-state index in [9.17, 15) is 4.79 Å². The summed E-state index contributed by atoms with van der Waals surface area (Å²) < 4.78 is 6.08. The van der Waals surface area contributed by atoms with E-state index in [1.165, 1.54) is 12.8 Å². The largest absolute Gasteiger partial charge is 0.483 e. The topological polar surface area (TPSA) is 64.3 Å². The van der Waals surface area contributed by atoms with E-state index < -0.39 is 0 Å². The van der Waals surface area contributed by atoms with Crippen molar-refractivity contribution in [1.29, 1.82) is 0 Å². The standard InChI is InChI=1S/C12H15BrN2O2/c13-12-9(14)2-1-3-10(12)17-7-11(16)15-6-8-4-5-8/h1-3,8H,4-7,14H2,(H,15,16). The SMILES string of the molecule is Nc1cccc(OCC(=O)NCC2CC2)c1Br. The zero-order valence-corrected chi connectivity index (χ0v) is 11.0. The summed E-state index contributed by atoms with van der Waals surface area (Å²) >= 11 is 3.32. The molecule has 1 saturated carbocycles. The first-order chi connectivity index (χ1) is 8.16. The molecule has 0 bridgehead atoms. The molecule has 0 radical (unpaired) electrons. The van der Waals surface area contributed by atoms with Crippen molar-refractivity contribution in [3.8, 4) is 5.75 Å². The number of rotatable bonds is 5. The van der Waals surface area contributed by atoms with Gasteiger partial charge in [0.1, 0.15) is 5.75 Å². The van der Waals surface area contributed by atoms with Gasteiger partial charge in [0.15, 0.2) is 6.61 Å². The van der Waals surface area contributed by atoms with Gasteiger partial charge in [-0.05, 0) is 46.8 Å². The lowest BCUT2D eigenvalue weighted by molar-refractivity contribution is -0.123. The lowest BCUT2D eigenvalue weighted by Crippen LogP contribution is -2.30. The maximum atomic E-state index is 11.5. The first-order valence-corrected chi connectivity index (χ1v) is 6.39. The Hall–Kier alpha value is -1.23. The average molecular weight is 299 g/mol. The van der Waals surface area contributed by atoms with Crippen molar-refractivity contribution in [2.24, 2.45) is 5.92 Å². The number of nitrogens with one attached hydrogen (secondary N) is 1. The fourth-order valence-electron chi connectivity index (χ4n) is 1.41. The molecule has 1 aliphatic rings. The van der Waals surface area contributed by atoms with E-state index >= 15 is 0 Å². The number of carbonyl (C=O) groups is 1. The molecule has 2 rings (SSSR count). The maximum absolute atomic E-state index is 11.5. The molecule has 1 aromatic rings.